The summed E-state index contributed by atoms with van der Waals surface area (Å²) >= 11 is 0. The van der Waals surface area contributed by atoms with Crippen molar-refractivity contribution in [2.45, 2.75) is 0 Å². The molecule has 0 saturated heterocycles. The third-order valence-corrected chi connectivity index (χ3v) is 9.29. The summed E-state index contributed by atoms with van der Waals surface area (Å²) < 4.78 is 7.97. The number of aryl methyl sites for hydroxylation is 4. The molecule has 0 amide bonds. The van der Waals surface area contributed by atoms with Gasteiger partial charge in [0.05, 0.1) is 0 Å². The van der Waals surface area contributed by atoms with E-state index in [1.165, 1.54) is 0 Å². The number of hydrogen-bond acceptors (Lipinski definition) is 4. The first-order valence-corrected chi connectivity index (χ1v) is 16.2. The fourth-order valence-corrected chi connectivity index (χ4v) is 6.85. The van der Waals surface area contributed by atoms with Gasteiger partial charge in [0.25, 0.3) is 0 Å². The van der Waals surface area contributed by atoms with E-state index in [-0.39, 0.29) is 42.1 Å². The molecule has 4 aromatic carbocycles. The number of hydrogen-bond donors (Lipinski definition) is 0. The summed E-state index contributed by atoms with van der Waals surface area (Å²) in [5.74, 6) is 3.57. The number of rotatable bonds is 4. The van der Waals surface area contributed by atoms with Gasteiger partial charge < -0.3 is 38.2 Å². The Labute approximate surface area is 328 Å². The van der Waals surface area contributed by atoms with Crippen LogP contribution in [0.15, 0.2) is 110 Å². The number of fused-ring (bicyclic) bond motifs is 6. The molecule has 12 heteroatoms. The van der Waals surface area contributed by atoms with E-state index < -0.39 is 0 Å². The van der Waals surface area contributed by atoms with Crippen LogP contribution in [0.5, 0.6) is 0 Å². The van der Waals surface area contributed by atoms with E-state index in [0.717, 1.165) is 89.2 Å². The zero-order chi connectivity index (χ0) is 33.9. The van der Waals surface area contributed by atoms with Crippen molar-refractivity contribution in [2.24, 2.45) is 28.2 Å². The molecule has 0 N–H and O–H groups in total. The average molecular weight is 1040 g/mol. The Kier molecular flexibility index (Phi) is 9.47. The molecular weight excluding hydrogens is 1010 g/mol. The Morgan fingerprint density at radius 1 is 0.442 bits per heavy atom. The summed E-state index contributed by atoms with van der Waals surface area (Å²) in [6, 6.07) is 25.0. The number of aromatic nitrogens is 10. The van der Waals surface area contributed by atoms with E-state index in [2.05, 4.69) is 105 Å². The van der Waals surface area contributed by atoms with Crippen molar-refractivity contribution in [1.29, 1.82) is 0 Å². The summed E-state index contributed by atoms with van der Waals surface area (Å²) in [5.41, 5.74) is 7.97. The summed E-state index contributed by atoms with van der Waals surface area (Å²) in [5, 5.41) is 4.53. The fourth-order valence-electron chi connectivity index (χ4n) is 6.85. The van der Waals surface area contributed by atoms with Crippen molar-refractivity contribution < 1.29 is 42.1 Å². The maximum Gasteiger partial charge on any atom is 2.00 e. The number of imidazole rings is 4. The van der Waals surface area contributed by atoms with Crippen LogP contribution >= 0.6 is 0 Å². The van der Waals surface area contributed by atoms with Crippen LogP contribution in [0.1, 0.15) is 0 Å². The second-order valence-corrected chi connectivity index (χ2v) is 12.4. The molecule has 10 nitrogen and oxygen atoms in total. The Morgan fingerprint density at radius 2 is 0.769 bits per heavy atom. The van der Waals surface area contributed by atoms with Gasteiger partial charge >= 0.3 is 42.1 Å². The second-order valence-electron chi connectivity index (χ2n) is 12.4. The van der Waals surface area contributed by atoms with Crippen molar-refractivity contribution >= 4 is 43.6 Å². The Morgan fingerprint density at radius 3 is 1.04 bits per heavy atom. The molecule has 260 valence electrons. The first kappa shape index (κ1) is 35.1. The third-order valence-electron chi connectivity index (χ3n) is 9.29. The molecule has 0 aliphatic heterocycles. The van der Waals surface area contributed by atoms with Crippen molar-refractivity contribution in [3.8, 4) is 45.6 Å². The molecule has 6 aromatic heterocycles. The molecule has 0 aliphatic rings. The number of nitrogens with zero attached hydrogens (tertiary/aromatic N) is 10. The zero-order valence-corrected chi connectivity index (χ0v) is 33.0. The zero-order valence-electron chi connectivity index (χ0n) is 28.5. The second kappa shape index (κ2) is 14.0. The SMILES string of the molecule is Cn1c[c-]nc1-c1cccc2c1[n-]c1c(-c3nccn3C)cccc12.Cn1c[c-]nc1-c1cccc2c1[n-]c1c(-c3nccn3C)cccc12.[Pt+2].[Pt+2]. The standard InChI is InChI=1S/2C20H15N5.2Pt/c2*1-24-11-9-21-19(24)15-7-3-5-13-14-6-4-8-16(18(14)23-17(13)15)20-22-10-12-25(20)2;;/h2*3-9,11-12H,1-2H3;;/q2*-2;2*+2. The minimum Gasteiger partial charge on any atom is -0.657 e. The van der Waals surface area contributed by atoms with Crippen molar-refractivity contribution in [3.05, 3.63) is 122 Å². The van der Waals surface area contributed by atoms with Crippen molar-refractivity contribution in [2.75, 3.05) is 0 Å². The molecule has 52 heavy (non-hydrogen) atoms. The Balaban J connectivity index is 0.000000156. The number of para-hydroxylation sites is 4. The van der Waals surface area contributed by atoms with Crippen LogP contribution in [0.25, 0.3) is 89.2 Å². The predicted molar refractivity (Wildman–Crippen MR) is 196 cm³/mol. The van der Waals surface area contributed by atoms with Crippen LogP contribution in [-0.2, 0) is 70.3 Å². The maximum atomic E-state index is 4.99. The quantitative estimate of drug-likeness (QED) is 0.175. The van der Waals surface area contributed by atoms with Crippen molar-refractivity contribution in [3.63, 3.8) is 0 Å². The summed E-state index contributed by atoms with van der Waals surface area (Å²) in [6.45, 7) is 0. The Hall–Kier alpha value is -5.30. The monoisotopic (exact) mass is 1040 g/mol. The minimum absolute atomic E-state index is 0. The van der Waals surface area contributed by atoms with E-state index in [4.69, 9.17) is 9.97 Å². The molecule has 0 unspecified atom stereocenters. The maximum absolute atomic E-state index is 4.99. The van der Waals surface area contributed by atoms with Crippen LogP contribution < -0.4 is 9.97 Å². The first-order valence-electron chi connectivity index (χ1n) is 16.2. The van der Waals surface area contributed by atoms with Crippen LogP contribution in [0.3, 0.4) is 0 Å². The molecule has 10 aromatic rings. The van der Waals surface area contributed by atoms with E-state index in [9.17, 15) is 0 Å². The predicted octanol–water partition coefficient (Wildman–Crippen LogP) is 7.10. The van der Waals surface area contributed by atoms with Gasteiger partial charge in [-0.15, -0.1) is 34.5 Å². The molecule has 0 spiro atoms. The van der Waals surface area contributed by atoms with E-state index in [0.29, 0.717) is 0 Å². The van der Waals surface area contributed by atoms with Gasteiger partial charge in [-0.25, -0.2) is 9.97 Å². The normalized spacial score (nSPS) is 11.2. The minimum atomic E-state index is 0. The molecule has 10 rings (SSSR count). The van der Waals surface area contributed by atoms with Gasteiger partial charge in [0.15, 0.2) is 0 Å². The molecule has 0 atom stereocenters. The smallest absolute Gasteiger partial charge is 0.657 e. The topological polar surface area (TPSA) is 99.5 Å². The van der Waals surface area contributed by atoms with Crippen molar-refractivity contribution in [1.82, 2.24) is 48.2 Å². The summed E-state index contributed by atoms with van der Waals surface area (Å²) in [6.07, 6.45) is 17.0. The van der Waals surface area contributed by atoms with Gasteiger partial charge in [0, 0.05) is 50.0 Å². The number of benzene rings is 4. The Bertz CT molecular complexity index is 2460. The molecule has 6 heterocycles. The molecule has 0 bridgehead atoms. The molecule has 0 fully saturated rings. The molecule has 0 aliphatic carbocycles. The van der Waals surface area contributed by atoms with Gasteiger partial charge in [0.1, 0.15) is 11.6 Å². The fraction of sp³-hybridized carbons (Fsp3) is 0.100. The van der Waals surface area contributed by atoms with Crippen LogP contribution in [0, 0.1) is 12.4 Å². The van der Waals surface area contributed by atoms with Crippen LogP contribution in [-0.4, -0.2) is 38.2 Å². The molecular formula is C40H30N10Pt2. The first-order chi connectivity index (χ1) is 24.5. The summed E-state index contributed by atoms with van der Waals surface area (Å²) in [4.78, 5) is 27.7. The molecule has 0 saturated carbocycles. The van der Waals surface area contributed by atoms with Gasteiger partial charge in [-0.3, -0.25) is 0 Å². The third kappa shape index (κ3) is 5.67. The van der Waals surface area contributed by atoms with Crippen LogP contribution in [0.4, 0.5) is 0 Å². The van der Waals surface area contributed by atoms with Gasteiger partial charge in [-0.1, -0.05) is 96.3 Å². The van der Waals surface area contributed by atoms with E-state index in [1.54, 1.807) is 0 Å². The summed E-state index contributed by atoms with van der Waals surface area (Å²) in [7, 11) is 7.94. The van der Waals surface area contributed by atoms with Gasteiger partial charge in [0.2, 0.25) is 0 Å². The largest absolute Gasteiger partial charge is 2.00 e. The van der Waals surface area contributed by atoms with Crippen LogP contribution in [0.2, 0.25) is 0 Å². The van der Waals surface area contributed by atoms with E-state index in [1.807, 2.05) is 83.6 Å². The van der Waals surface area contributed by atoms with Gasteiger partial charge in [-0.05, 0) is 47.3 Å². The van der Waals surface area contributed by atoms with Gasteiger partial charge in [-0.2, -0.15) is 0 Å². The average Bonchev–Trinajstić information content (AvgIpc) is 3.99. The van der Waals surface area contributed by atoms with E-state index >= 15 is 0 Å². The molecule has 0 radical (unpaired) electrons.